The predicted octanol–water partition coefficient (Wildman–Crippen LogP) is 3.94. The number of carbonyl (C=O) groups is 4. The van der Waals surface area contributed by atoms with Crippen molar-refractivity contribution in [1.82, 2.24) is 16.0 Å². The van der Waals surface area contributed by atoms with E-state index in [4.69, 9.17) is 4.74 Å². The average molecular weight is 530 g/mol. The molecule has 8 heteroatoms. The standard InChI is InChI=1S/C31H35N3O5/c1-3-22(2)27(34-31(38)39-21-25-17-11-6-12-18-25)29(36)33-26(19-23-13-7-4-8-14-23)28(35)30(37)32-20-24-15-9-5-10-16-24/h4-18,22,26-27H,3,19-21H2,1-2H3,(H,32,37)(H,33,36)(H,34,38)/t22-,26-,27-/m0/s1. The van der Waals surface area contributed by atoms with Gasteiger partial charge in [-0.1, -0.05) is 111 Å². The molecule has 3 atom stereocenters. The molecule has 204 valence electrons. The number of rotatable bonds is 13. The van der Waals surface area contributed by atoms with E-state index in [0.717, 1.165) is 16.7 Å². The molecular formula is C31H35N3O5. The van der Waals surface area contributed by atoms with Gasteiger partial charge in [0.05, 0.1) is 0 Å². The van der Waals surface area contributed by atoms with Crippen LogP contribution in [0.25, 0.3) is 0 Å². The van der Waals surface area contributed by atoms with Gasteiger partial charge in [0.15, 0.2) is 0 Å². The minimum absolute atomic E-state index is 0.0538. The Labute approximate surface area is 229 Å². The Bertz CT molecular complexity index is 1220. The summed E-state index contributed by atoms with van der Waals surface area (Å²) in [4.78, 5) is 51.9. The Balaban J connectivity index is 1.69. The summed E-state index contributed by atoms with van der Waals surface area (Å²) in [6, 6.07) is 25.5. The van der Waals surface area contributed by atoms with Crippen molar-refractivity contribution >= 4 is 23.7 Å². The minimum Gasteiger partial charge on any atom is -0.445 e. The first-order chi connectivity index (χ1) is 18.9. The van der Waals surface area contributed by atoms with Gasteiger partial charge in [0, 0.05) is 13.0 Å². The third-order valence-electron chi connectivity index (χ3n) is 6.42. The van der Waals surface area contributed by atoms with E-state index < -0.39 is 35.8 Å². The van der Waals surface area contributed by atoms with E-state index in [-0.39, 0.29) is 25.5 Å². The lowest BCUT2D eigenvalue weighted by molar-refractivity contribution is -0.140. The summed E-state index contributed by atoms with van der Waals surface area (Å²) >= 11 is 0. The quantitative estimate of drug-likeness (QED) is 0.290. The molecule has 0 bridgehead atoms. The van der Waals surface area contributed by atoms with Crippen LogP contribution < -0.4 is 16.0 Å². The number of ether oxygens (including phenoxy) is 1. The normalized spacial score (nSPS) is 12.9. The zero-order chi connectivity index (χ0) is 28.0. The summed E-state index contributed by atoms with van der Waals surface area (Å²) in [6.07, 6.45) is -0.0345. The Morgan fingerprint density at radius 1 is 0.744 bits per heavy atom. The molecule has 0 heterocycles. The van der Waals surface area contributed by atoms with Crippen LogP contribution in [0, 0.1) is 5.92 Å². The first kappa shape index (κ1) is 29.1. The molecule has 0 aliphatic carbocycles. The average Bonchev–Trinajstić information content (AvgIpc) is 2.98. The Morgan fingerprint density at radius 2 is 1.28 bits per heavy atom. The molecule has 3 N–H and O–H groups in total. The van der Waals surface area contributed by atoms with Gasteiger partial charge in [-0.3, -0.25) is 14.4 Å². The van der Waals surface area contributed by atoms with Crippen LogP contribution in [0.5, 0.6) is 0 Å². The Kier molecular flexibility index (Phi) is 11.2. The third kappa shape index (κ3) is 9.41. The molecule has 8 nitrogen and oxygen atoms in total. The van der Waals surface area contributed by atoms with E-state index >= 15 is 0 Å². The molecule has 0 aromatic heterocycles. The monoisotopic (exact) mass is 529 g/mol. The Hall–Kier alpha value is -4.46. The molecule has 0 saturated heterocycles. The summed E-state index contributed by atoms with van der Waals surface area (Å²) in [6.45, 7) is 3.95. The van der Waals surface area contributed by atoms with Crippen LogP contribution >= 0.6 is 0 Å². The van der Waals surface area contributed by atoms with Gasteiger partial charge < -0.3 is 20.7 Å². The van der Waals surface area contributed by atoms with Gasteiger partial charge in [0.25, 0.3) is 5.91 Å². The molecule has 0 spiro atoms. The number of carbonyl (C=O) groups excluding carboxylic acids is 4. The predicted molar refractivity (Wildman–Crippen MR) is 148 cm³/mol. The lowest BCUT2D eigenvalue weighted by Crippen LogP contribution is -2.56. The first-order valence-electron chi connectivity index (χ1n) is 13.0. The molecule has 0 radical (unpaired) electrons. The number of hydrogen-bond acceptors (Lipinski definition) is 5. The molecule has 3 aromatic carbocycles. The van der Waals surface area contributed by atoms with Crippen LogP contribution in [-0.4, -0.2) is 35.8 Å². The fraction of sp³-hybridized carbons (Fsp3) is 0.290. The van der Waals surface area contributed by atoms with Gasteiger partial charge >= 0.3 is 6.09 Å². The van der Waals surface area contributed by atoms with Crippen LogP contribution in [0.15, 0.2) is 91.0 Å². The Morgan fingerprint density at radius 3 is 1.85 bits per heavy atom. The summed E-state index contributed by atoms with van der Waals surface area (Å²) in [5, 5.41) is 7.99. The number of hydrogen-bond donors (Lipinski definition) is 3. The van der Waals surface area contributed by atoms with Crippen molar-refractivity contribution in [2.75, 3.05) is 0 Å². The maximum atomic E-state index is 13.4. The molecule has 0 aliphatic rings. The second-order valence-corrected chi connectivity index (χ2v) is 9.35. The van der Waals surface area contributed by atoms with Crippen molar-refractivity contribution in [2.24, 2.45) is 5.92 Å². The molecule has 3 amide bonds. The van der Waals surface area contributed by atoms with Crippen molar-refractivity contribution in [1.29, 1.82) is 0 Å². The van der Waals surface area contributed by atoms with Crippen LogP contribution in [0.2, 0.25) is 0 Å². The molecule has 0 saturated carbocycles. The van der Waals surface area contributed by atoms with Crippen LogP contribution in [0.1, 0.15) is 37.0 Å². The van der Waals surface area contributed by atoms with Crippen LogP contribution in [0.3, 0.4) is 0 Å². The summed E-state index contributed by atoms with van der Waals surface area (Å²) in [5.74, 6) is -2.38. The first-order valence-corrected chi connectivity index (χ1v) is 13.0. The SMILES string of the molecule is CC[C@H](C)[C@H](NC(=O)OCc1ccccc1)C(=O)N[C@@H](Cc1ccccc1)C(=O)C(=O)NCc1ccccc1. The number of amides is 3. The number of nitrogens with one attached hydrogen (secondary N) is 3. The van der Waals surface area contributed by atoms with Crippen LogP contribution in [-0.2, 0) is 38.7 Å². The van der Waals surface area contributed by atoms with E-state index in [1.807, 2.05) is 105 Å². The van der Waals surface area contributed by atoms with Crippen LogP contribution in [0.4, 0.5) is 4.79 Å². The van der Waals surface area contributed by atoms with Gasteiger partial charge in [-0.05, 0) is 22.6 Å². The second kappa shape index (κ2) is 15.1. The fourth-order valence-corrected chi connectivity index (χ4v) is 3.94. The molecule has 0 unspecified atom stereocenters. The van der Waals surface area contributed by atoms with E-state index in [1.165, 1.54) is 0 Å². The number of benzene rings is 3. The zero-order valence-corrected chi connectivity index (χ0v) is 22.3. The molecule has 0 aliphatic heterocycles. The largest absolute Gasteiger partial charge is 0.445 e. The van der Waals surface area contributed by atoms with E-state index in [0.29, 0.717) is 6.42 Å². The topological polar surface area (TPSA) is 114 Å². The van der Waals surface area contributed by atoms with E-state index in [1.54, 1.807) is 0 Å². The second-order valence-electron chi connectivity index (χ2n) is 9.35. The lowest BCUT2D eigenvalue weighted by atomic mass is 9.96. The lowest BCUT2D eigenvalue weighted by Gasteiger charge is -2.26. The van der Waals surface area contributed by atoms with Crippen molar-refractivity contribution in [2.45, 2.75) is 51.9 Å². The minimum atomic E-state index is -1.12. The van der Waals surface area contributed by atoms with Crippen molar-refractivity contribution in [3.63, 3.8) is 0 Å². The molecule has 3 aromatic rings. The van der Waals surface area contributed by atoms with E-state index in [2.05, 4.69) is 16.0 Å². The summed E-state index contributed by atoms with van der Waals surface area (Å²) in [5.41, 5.74) is 2.44. The van der Waals surface area contributed by atoms with Crippen molar-refractivity contribution in [3.05, 3.63) is 108 Å². The summed E-state index contributed by atoms with van der Waals surface area (Å²) < 4.78 is 5.30. The highest BCUT2D eigenvalue weighted by Crippen LogP contribution is 2.11. The zero-order valence-electron chi connectivity index (χ0n) is 22.3. The molecule has 0 fully saturated rings. The van der Waals surface area contributed by atoms with Gasteiger partial charge in [0.2, 0.25) is 11.7 Å². The van der Waals surface area contributed by atoms with Crippen molar-refractivity contribution < 1.29 is 23.9 Å². The van der Waals surface area contributed by atoms with Gasteiger partial charge in [-0.15, -0.1) is 0 Å². The van der Waals surface area contributed by atoms with E-state index in [9.17, 15) is 19.2 Å². The van der Waals surface area contributed by atoms with Crippen molar-refractivity contribution in [3.8, 4) is 0 Å². The highest BCUT2D eigenvalue weighted by Gasteiger charge is 2.32. The molecular weight excluding hydrogens is 494 g/mol. The highest BCUT2D eigenvalue weighted by molar-refractivity contribution is 6.38. The molecule has 39 heavy (non-hydrogen) atoms. The number of Topliss-reactive ketones (excluding diaryl/α,β-unsaturated/α-hetero) is 1. The fourth-order valence-electron chi connectivity index (χ4n) is 3.94. The number of ketones is 1. The van der Waals surface area contributed by atoms with Gasteiger partial charge in [0.1, 0.15) is 18.7 Å². The van der Waals surface area contributed by atoms with Gasteiger partial charge in [-0.25, -0.2) is 4.79 Å². The van der Waals surface area contributed by atoms with Gasteiger partial charge in [-0.2, -0.15) is 0 Å². The highest BCUT2D eigenvalue weighted by atomic mass is 16.5. The molecule has 3 rings (SSSR count). The maximum Gasteiger partial charge on any atom is 0.408 e. The number of alkyl carbamates (subject to hydrolysis) is 1. The summed E-state index contributed by atoms with van der Waals surface area (Å²) in [7, 11) is 0. The maximum absolute atomic E-state index is 13.4. The third-order valence-corrected chi connectivity index (χ3v) is 6.42. The smallest absolute Gasteiger partial charge is 0.408 e.